The van der Waals surface area contributed by atoms with Gasteiger partial charge in [0.15, 0.2) is 5.82 Å². The lowest BCUT2D eigenvalue weighted by atomic mass is 10.0. The molecule has 9 nitrogen and oxygen atoms in total. The summed E-state index contributed by atoms with van der Waals surface area (Å²) in [6.07, 6.45) is 7.24. The lowest BCUT2D eigenvalue weighted by Crippen LogP contribution is -2.29. The number of anilines is 5. The fraction of sp³-hybridized carbons (Fsp3) is 0.259. The molecular formula is C27H28ClN7O2. The summed E-state index contributed by atoms with van der Waals surface area (Å²) in [4.78, 5) is 27.9. The Morgan fingerprint density at radius 2 is 1.92 bits per heavy atom. The van der Waals surface area contributed by atoms with Crippen LogP contribution in [-0.2, 0) is 18.3 Å². The van der Waals surface area contributed by atoms with Crippen molar-refractivity contribution in [3.05, 3.63) is 65.6 Å². The number of aromatic nitrogens is 4. The number of fused-ring (bicyclic) bond motifs is 1. The van der Waals surface area contributed by atoms with Crippen molar-refractivity contribution in [2.75, 3.05) is 29.2 Å². The third-order valence-corrected chi connectivity index (χ3v) is 6.67. The van der Waals surface area contributed by atoms with Crippen LogP contribution in [0.4, 0.5) is 28.8 Å². The second kappa shape index (κ2) is 10.5. The van der Waals surface area contributed by atoms with Gasteiger partial charge in [-0.2, -0.15) is 4.98 Å². The maximum absolute atomic E-state index is 12.5. The molecule has 0 aliphatic carbocycles. The molecule has 190 valence electrons. The van der Waals surface area contributed by atoms with Crippen LogP contribution in [-0.4, -0.2) is 39.1 Å². The van der Waals surface area contributed by atoms with Crippen molar-refractivity contribution < 1.29 is 9.53 Å². The zero-order valence-corrected chi connectivity index (χ0v) is 21.7. The van der Waals surface area contributed by atoms with Crippen LogP contribution in [0.3, 0.4) is 0 Å². The molecule has 1 aliphatic heterocycles. The van der Waals surface area contributed by atoms with Crippen molar-refractivity contribution in [1.82, 2.24) is 19.5 Å². The zero-order chi connectivity index (χ0) is 25.9. The van der Waals surface area contributed by atoms with Crippen molar-refractivity contribution in [2.24, 2.45) is 7.05 Å². The lowest BCUT2D eigenvalue weighted by molar-refractivity contribution is -0.118. The molecule has 4 aromatic rings. The predicted octanol–water partition coefficient (Wildman–Crippen LogP) is 5.72. The van der Waals surface area contributed by atoms with E-state index in [2.05, 4.69) is 25.6 Å². The van der Waals surface area contributed by atoms with Gasteiger partial charge in [0.25, 0.3) is 0 Å². The lowest BCUT2D eigenvalue weighted by Gasteiger charge is -2.24. The van der Waals surface area contributed by atoms with Gasteiger partial charge in [0, 0.05) is 43.5 Å². The number of hydrogen-bond donors (Lipinski definition) is 2. The largest absolute Gasteiger partial charge is 0.494 e. The Kier molecular flexibility index (Phi) is 6.96. The summed E-state index contributed by atoms with van der Waals surface area (Å²) in [5.41, 5.74) is 4.33. The summed E-state index contributed by atoms with van der Waals surface area (Å²) in [6.45, 7) is 2.59. The van der Waals surface area contributed by atoms with E-state index in [4.69, 9.17) is 16.3 Å². The number of nitrogens with one attached hydrogen (secondary N) is 2. The predicted molar refractivity (Wildman–Crippen MR) is 146 cm³/mol. The number of aryl methyl sites for hydroxylation is 1. The number of halogens is 1. The molecule has 2 aromatic heterocycles. The number of rotatable bonds is 7. The number of methoxy groups -OCH3 is 1. The Morgan fingerprint density at radius 1 is 1.08 bits per heavy atom. The topological polar surface area (TPSA) is 97.2 Å². The average Bonchev–Trinajstić information content (AvgIpc) is 3.25. The Hall–Kier alpha value is -4.11. The molecule has 2 N–H and O–H groups in total. The minimum atomic E-state index is 0.131. The number of nitrogens with zero attached hydrogens (tertiary/aromatic N) is 5. The van der Waals surface area contributed by atoms with Crippen molar-refractivity contribution >= 4 is 46.3 Å². The van der Waals surface area contributed by atoms with Crippen LogP contribution >= 0.6 is 11.6 Å². The number of carbonyl (C=O) groups is 1. The minimum absolute atomic E-state index is 0.131. The number of carbonyl (C=O) groups excluding carboxylic acids is 1. The maximum atomic E-state index is 12.5. The van der Waals surface area contributed by atoms with Crippen molar-refractivity contribution in [3.63, 3.8) is 0 Å². The number of para-hydroxylation sites is 1. The third kappa shape index (κ3) is 4.82. The molecule has 0 saturated carbocycles. The second-order valence-corrected chi connectivity index (χ2v) is 9.09. The smallest absolute Gasteiger partial charge is 0.229 e. The molecule has 5 rings (SSSR count). The molecule has 10 heteroatoms. The minimum Gasteiger partial charge on any atom is -0.494 e. The normalized spacial score (nSPS) is 13.2. The quantitative estimate of drug-likeness (QED) is 0.324. The first-order valence-electron chi connectivity index (χ1n) is 12.1. The molecule has 0 radical (unpaired) electrons. The molecule has 0 atom stereocenters. The molecule has 0 unspecified atom stereocenters. The fourth-order valence-electron chi connectivity index (χ4n) is 4.65. The molecule has 1 aliphatic rings. The Balaban J connectivity index is 1.47. The molecule has 0 spiro atoms. The molecule has 37 heavy (non-hydrogen) atoms. The first-order chi connectivity index (χ1) is 18.0. The van der Waals surface area contributed by atoms with Crippen molar-refractivity contribution in [2.45, 2.75) is 26.2 Å². The summed E-state index contributed by atoms with van der Waals surface area (Å²) in [5, 5.41) is 6.99. The van der Waals surface area contributed by atoms with Crippen LogP contribution in [0.2, 0.25) is 5.02 Å². The molecular weight excluding hydrogens is 490 g/mol. The first kappa shape index (κ1) is 24.6. The first-order valence-corrected chi connectivity index (χ1v) is 12.5. The molecule has 2 aromatic carbocycles. The summed E-state index contributed by atoms with van der Waals surface area (Å²) >= 11 is 6.48. The van der Waals surface area contributed by atoms with Gasteiger partial charge in [0.1, 0.15) is 16.6 Å². The highest BCUT2D eigenvalue weighted by Gasteiger charge is 2.25. The van der Waals surface area contributed by atoms with Crippen molar-refractivity contribution in [3.8, 4) is 17.1 Å². The Morgan fingerprint density at radius 3 is 2.68 bits per heavy atom. The third-order valence-electron chi connectivity index (χ3n) is 6.40. The van der Waals surface area contributed by atoms with E-state index in [0.717, 1.165) is 41.2 Å². The highest BCUT2D eigenvalue weighted by Crippen LogP contribution is 2.40. The number of imidazole rings is 1. The van der Waals surface area contributed by atoms with Crippen LogP contribution in [0, 0.1) is 0 Å². The van der Waals surface area contributed by atoms with Gasteiger partial charge in [0.05, 0.1) is 30.4 Å². The van der Waals surface area contributed by atoms with E-state index in [-0.39, 0.29) is 5.91 Å². The summed E-state index contributed by atoms with van der Waals surface area (Å²) < 4.78 is 7.76. The molecule has 0 fully saturated rings. The molecule has 0 saturated heterocycles. The van der Waals surface area contributed by atoms with Gasteiger partial charge in [-0.15, -0.1) is 0 Å². The Bertz CT molecular complexity index is 1450. The van der Waals surface area contributed by atoms with Crippen LogP contribution in [0.5, 0.6) is 5.75 Å². The Labute approximate surface area is 220 Å². The fourth-order valence-corrected chi connectivity index (χ4v) is 4.79. The SMILES string of the molecule is CCN1C(=O)CCCc2c1ccc(Nc1ncc(Cl)c(Nc3ccccc3-c3nccn3C)n1)c2OC. The number of amides is 1. The highest BCUT2D eigenvalue weighted by molar-refractivity contribution is 6.33. The number of hydrogen-bond acceptors (Lipinski definition) is 7. The number of ether oxygens (including phenoxy) is 1. The van der Waals surface area contributed by atoms with E-state index in [1.807, 2.05) is 66.0 Å². The maximum Gasteiger partial charge on any atom is 0.229 e. The molecule has 3 heterocycles. The van der Waals surface area contributed by atoms with Crippen LogP contribution in [0.1, 0.15) is 25.3 Å². The summed E-state index contributed by atoms with van der Waals surface area (Å²) in [5.74, 6) is 2.44. The second-order valence-electron chi connectivity index (χ2n) is 8.68. The summed E-state index contributed by atoms with van der Waals surface area (Å²) in [7, 11) is 3.58. The van der Waals surface area contributed by atoms with Gasteiger partial charge in [0.2, 0.25) is 11.9 Å². The van der Waals surface area contributed by atoms with Crippen LogP contribution in [0.15, 0.2) is 55.0 Å². The van der Waals surface area contributed by atoms with Crippen LogP contribution < -0.4 is 20.3 Å². The van der Waals surface area contributed by atoms with Gasteiger partial charge in [-0.05, 0) is 44.0 Å². The van der Waals surface area contributed by atoms with E-state index in [1.54, 1.807) is 19.5 Å². The molecule has 1 amide bonds. The van der Waals surface area contributed by atoms with E-state index in [1.165, 1.54) is 0 Å². The monoisotopic (exact) mass is 517 g/mol. The number of benzene rings is 2. The zero-order valence-electron chi connectivity index (χ0n) is 21.0. The van der Waals surface area contributed by atoms with Gasteiger partial charge >= 0.3 is 0 Å². The molecule has 0 bridgehead atoms. The van der Waals surface area contributed by atoms with Gasteiger partial charge in [-0.1, -0.05) is 23.7 Å². The highest BCUT2D eigenvalue weighted by atomic mass is 35.5. The van der Waals surface area contributed by atoms with E-state index < -0.39 is 0 Å². The average molecular weight is 518 g/mol. The standard InChI is InChI=1S/C27H28ClN7O2/c1-4-35-22-13-12-21(24(37-3)18(22)9-7-11-23(35)36)32-27-30-16-19(28)25(33-27)31-20-10-6-5-8-17(20)26-29-14-15-34(26)2/h5-6,8,10,12-16H,4,7,9,11H2,1-3H3,(H2,30,31,32,33). The van der Waals surface area contributed by atoms with Gasteiger partial charge < -0.3 is 24.8 Å². The van der Waals surface area contributed by atoms with Gasteiger partial charge in [-0.25, -0.2) is 9.97 Å². The van der Waals surface area contributed by atoms with Gasteiger partial charge in [-0.3, -0.25) is 4.79 Å². The van der Waals surface area contributed by atoms with E-state index in [0.29, 0.717) is 41.2 Å². The van der Waals surface area contributed by atoms with Crippen molar-refractivity contribution in [1.29, 1.82) is 0 Å². The summed E-state index contributed by atoms with van der Waals surface area (Å²) in [6, 6.07) is 11.7. The van der Waals surface area contributed by atoms with Crippen LogP contribution in [0.25, 0.3) is 11.4 Å². The van der Waals surface area contributed by atoms with E-state index in [9.17, 15) is 4.79 Å². The van der Waals surface area contributed by atoms with E-state index >= 15 is 0 Å².